The number of nitrogens with one attached hydrogen (secondary N) is 1. The maximum atomic E-state index is 12.1. The Balaban J connectivity index is 1.64. The van der Waals surface area contributed by atoms with Gasteiger partial charge < -0.3 is 5.32 Å². The molecule has 0 atom stereocenters. The number of carbonyl (C=O) groups excluding carboxylic acids is 1. The van der Waals surface area contributed by atoms with Crippen LogP contribution in [0.5, 0.6) is 0 Å². The van der Waals surface area contributed by atoms with Gasteiger partial charge in [0.2, 0.25) is 11.1 Å². The van der Waals surface area contributed by atoms with E-state index in [1.807, 2.05) is 36.4 Å². The van der Waals surface area contributed by atoms with Gasteiger partial charge in [-0.05, 0) is 40.8 Å². The molecule has 122 valence electrons. The number of halogens is 2. The minimum Gasteiger partial charge on any atom is -0.324 e. The minimum atomic E-state index is -0.188. The smallest absolute Gasteiger partial charge is 0.234 e. The van der Waals surface area contributed by atoms with Crippen LogP contribution in [0.25, 0.3) is 5.69 Å². The number of thioether (sulfide) groups is 1. The van der Waals surface area contributed by atoms with Crippen LogP contribution in [-0.4, -0.2) is 31.9 Å². The largest absolute Gasteiger partial charge is 0.324 e. The molecule has 0 aliphatic rings. The number of anilines is 1. The van der Waals surface area contributed by atoms with Crippen LogP contribution in [-0.2, 0) is 4.79 Å². The number of para-hydroxylation sites is 1. The molecule has 0 aliphatic carbocycles. The van der Waals surface area contributed by atoms with Crippen LogP contribution >= 0.6 is 39.3 Å². The van der Waals surface area contributed by atoms with E-state index in [9.17, 15) is 4.79 Å². The molecular weight excluding hydrogens is 414 g/mol. The first kappa shape index (κ1) is 16.9. The SMILES string of the molecule is O=C(CSc1nnnn1-c1ccccc1)Nc1ccc(Br)cc1Cl. The van der Waals surface area contributed by atoms with Gasteiger partial charge in [-0.3, -0.25) is 4.79 Å². The Labute approximate surface area is 155 Å². The first-order valence-electron chi connectivity index (χ1n) is 6.85. The molecule has 1 N–H and O–H groups in total. The van der Waals surface area contributed by atoms with E-state index in [2.05, 4.69) is 36.8 Å². The molecule has 6 nitrogen and oxygen atoms in total. The molecule has 9 heteroatoms. The number of tetrazole rings is 1. The van der Waals surface area contributed by atoms with Gasteiger partial charge in [0.25, 0.3) is 0 Å². The van der Waals surface area contributed by atoms with Crippen molar-refractivity contribution in [2.24, 2.45) is 0 Å². The van der Waals surface area contributed by atoms with Crippen molar-refractivity contribution in [1.29, 1.82) is 0 Å². The minimum absolute atomic E-state index is 0.166. The fourth-order valence-corrected chi connectivity index (χ4v) is 3.32. The van der Waals surface area contributed by atoms with Gasteiger partial charge in [0.1, 0.15) is 0 Å². The second kappa shape index (κ2) is 7.78. The van der Waals surface area contributed by atoms with Crippen LogP contribution in [0, 0.1) is 0 Å². The Morgan fingerprint density at radius 3 is 2.79 bits per heavy atom. The van der Waals surface area contributed by atoms with Crippen LogP contribution in [0.15, 0.2) is 58.2 Å². The molecule has 0 aliphatic heterocycles. The standard InChI is InChI=1S/C15H11BrClN5OS/c16-10-6-7-13(12(17)8-10)18-14(23)9-24-15-19-20-21-22(15)11-4-2-1-3-5-11/h1-8H,9H2,(H,18,23). The summed E-state index contributed by atoms with van der Waals surface area (Å²) in [5.74, 6) is -0.0218. The third-order valence-corrected chi connectivity index (χ3v) is 4.70. The van der Waals surface area contributed by atoms with Gasteiger partial charge in [0.05, 0.1) is 22.2 Å². The van der Waals surface area contributed by atoms with Crippen molar-refractivity contribution in [3.8, 4) is 5.69 Å². The number of hydrogen-bond acceptors (Lipinski definition) is 5. The van der Waals surface area contributed by atoms with Crippen LogP contribution in [0.3, 0.4) is 0 Å². The number of rotatable bonds is 5. The summed E-state index contributed by atoms with van der Waals surface area (Å²) in [7, 11) is 0. The summed E-state index contributed by atoms with van der Waals surface area (Å²) >= 11 is 10.7. The maximum absolute atomic E-state index is 12.1. The molecule has 2 aromatic carbocycles. The molecule has 0 saturated heterocycles. The zero-order valence-electron chi connectivity index (χ0n) is 12.2. The highest BCUT2D eigenvalue weighted by Crippen LogP contribution is 2.26. The van der Waals surface area contributed by atoms with E-state index in [0.717, 1.165) is 10.2 Å². The number of aromatic nitrogens is 4. The van der Waals surface area contributed by atoms with Crippen molar-refractivity contribution in [3.05, 3.63) is 58.0 Å². The number of hydrogen-bond donors (Lipinski definition) is 1. The molecule has 0 fully saturated rings. The van der Waals surface area contributed by atoms with Gasteiger partial charge in [-0.2, -0.15) is 4.68 Å². The molecule has 1 aromatic heterocycles. The van der Waals surface area contributed by atoms with E-state index < -0.39 is 0 Å². The Hall–Kier alpha value is -1.90. The third kappa shape index (κ3) is 4.14. The highest BCUT2D eigenvalue weighted by Gasteiger charge is 2.12. The molecule has 0 spiro atoms. The molecule has 24 heavy (non-hydrogen) atoms. The zero-order chi connectivity index (χ0) is 16.9. The zero-order valence-corrected chi connectivity index (χ0v) is 15.3. The summed E-state index contributed by atoms with van der Waals surface area (Å²) in [5.41, 5.74) is 1.40. The lowest BCUT2D eigenvalue weighted by atomic mass is 10.3. The molecule has 1 heterocycles. The molecule has 0 saturated carbocycles. The number of carbonyl (C=O) groups is 1. The van der Waals surface area contributed by atoms with Gasteiger partial charge in [-0.15, -0.1) is 5.10 Å². The van der Waals surface area contributed by atoms with E-state index >= 15 is 0 Å². The Kier molecular flexibility index (Phi) is 5.49. The quantitative estimate of drug-likeness (QED) is 0.631. The van der Waals surface area contributed by atoms with Crippen molar-refractivity contribution in [2.45, 2.75) is 5.16 Å². The van der Waals surface area contributed by atoms with E-state index in [0.29, 0.717) is 15.9 Å². The van der Waals surface area contributed by atoms with E-state index in [4.69, 9.17) is 11.6 Å². The summed E-state index contributed by atoms with van der Waals surface area (Å²) in [5, 5.41) is 15.3. The molecule has 3 rings (SSSR count). The second-order valence-electron chi connectivity index (χ2n) is 4.67. The summed E-state index contributed by atoms with van der Waals surface area (Å²) < 4.78 is 2.44. The Bertz CT molecular complexity index is 858. The monoisotopic (exact) mass is 423 g/mol. The average molecular weight is 425 g/mol. The van der Waals surface area contributed by atoms with Crippen molar-refractivity contribution >= 4 is 50.9 Å². The van der Waals surface area contributed by atoms with Crippen LogP contribution in [0.1, 0.15) is 0 Å². The number of amides is 1. The van der Waals surface area contributed by atoms with Crippen LogP contribution in [0.4, 0.5) is 5.69 Å². The molecule has 3 aromatic rings. The van der Waals surface area contributed by atoms with Crippen molar-refractivity contribution in [1.82, 2.24) is 20.2 Å². The predicted molar refractivity (Wildman–Crippen MR) is 97.7 cm³/mol. The van der Waals surface area contributed by atoms with E-state index in [1.54, 1.807) is 16.8 Å². The first-order valence-corrected chi connectivity index (χ1v) is 9.00. The van der Waals surface area contributed by atoms with Crippen molar-refractivity contribution in [2.75, 3.05) is 11.1 Å². The molecule has 0 bridgehead atoms. The lowest BCUT2D eigenvalue weighted by Gasteiger charge is -2.07. The Morgan fingerprint density at radius 1 is 1.25 bits per heavy atom. The summed E-state index contributed by atoms with van der Waals surface area (Å²) in [6, 6.07) is 14.8. The fraction of sp³-hybridized carbons (Fsp3) is 0.0667. The lowest BCUT2D eigenvalue weighted by molar-refractivity contribution is -0.113. The molecule has 0 unspecified atom stereocenters. The van der Waals surface area contributed by atoms with Gasteiger partial charge in [-0.1, -0.05) is 57.5 Å². The predicted octanol–water partition coefficient (Wildman–Crippen LogP) is 3.81. The number of nitrogens with zero attached hydrogens (tertiary/aromatic N) is 4. The Morgan fingerprint density at radius 2 is 2.04 bits per heavy atom. The normalized spacial score (nSPS) is 10.6. The van der Waals surface area contributed by atoms with Gasteiger partial charge in [-0.25, -0.2) is 0 Å². The van der Waals surface area contributed by atoms with Crippen molar-refractivity contribution < 1.29 is 4.79 Å². The van der Waals surface area contributed by atoms with Crippen LogP contribution < -0.4 is 5.32 Å². The van der Waals surface area contributed by atoms with Crippen molar-refractivity contribution in [3.63, 3.8) is 0 Å². The summed E-state index contributed by atoms with van der Waals surface area (Å²) in [6.45, 7) is 0. The second-order valence-corrected chi connectivity index (χ2v) is 6.94. The topological polar surface area (TPSA) is 72.7 Å². The highest BCUT2D eigenvalue weighted by atomic mass is 79.9. The first-order chi connectivity index (χ1) is 11.6. The highest BCUT2D eigenvalue weighted by molar-refractivity contribution is 9.10. The van der Waals surface area contributed by atoms with Gasteiger partial charge in [0.15, 0.2) is 0 Å². The third-order valence-electron chi connectivity index (χ3n) is 2.98. The summed E-state index contributed by atoms with van der Waals surface area (Å²) in [4.78, 5) is 12.1. The fourth-order valence-electron chi connectivity index (χ4n) is 1.91. The maximum Gasteiger partial charge on any atom is 0.234 e. The molecular formula is C15H11BrClN5OS. The lowest BCUT2D eigenvalue weighted by Crippen LogP contribution is -2.15. The number of benzene rings is 2. The average Bonchev–Trinajstić information content (AvgIpc) is 3.05. The van der Waals surface area contributed by atoms with E-state index in [1.165, 1.54) is 11.8 Å². The van der Waals surface area contributed by atoms with Crippen LogP contribution in [0.2, 0.25) is 5.02 Å². The van der Waals surface area contributed by atoms with Gasteiger partial charge in [0, 0.05) is 4.47 Å². The molecule has 0 radical (unpaired) electrons. The van der Waals surface area contributed by atoms with E-state index in [-0.39, 0.29) is 11.7 Å². The summed E-state index contributed by atoms with van der Waals surface area (Å²) in [6.07, 6.45) is 0. The van der Waals surface area contributed by atoms with Gasteiger partial charge >= 0.3 is 0 Å². The molecule has 1 amide bonds.